The predicted molar refractivity (Wildman–Crippen MR) is 71.6 cm³/mol. The maximum atomic E-state index is 6.16. The van der Waals surface area contributed by atoms with E-state index in [2.05, 4.69) is 21.8 Å². The van der Waals surface area contributed by atoms with Crippen molar-refractivity contribution in [2.24, 2.45) is 0 Å². The van der Waals surface area contributed by atoms with Crippen molar-refractivity contribution >= 4 is 23.2 Å². The van der Waals surface area contributed by atoms with Crippen molar-refractivity contribution in [3.63, 3.8) is 0 Å². The molecule has 0 saturated carbocycles. The molecule has 1 aliphatic heterocycles. The molecule has 0 radical (unpaired) electrons. The normalized spacial score (nSPS) is 19.2. The van der Waals surface area contributed by atoms with Crippen molar-refractivity contribution in [3.05, 3.63) is 28.0 Å². The molecule has 1 aromatic rings. The first-order chi connectivity index (χ1) is 8.15. The second kappa shape index (κ2) is 6.01. The molecule has 2 heterocycles. The van der Waals surface area contributed by atoms with E-state index >= 15 is 0 Å². The number of nitrogens with zero attached hydrogens (tertiary/aromatic N) is 3. The largest absolute Gasteiger partial charge is 0.305 e. The number of hydrogen-bond donors (Lipinski definition) is 0. The summed E-state index contributed by atoms with van der Waals surface area (Å²) in [5, 5.41) is 1.16. The summed E-state index contributed by atoms with van der Waals surface area (Å²) in [5.41, 5.74) is 1.06. The van der Waals surface area contributed by atoms with Crippen LogP contribution in [0.2, 0.25) is 10.2 Å². The van der Waals surface area contributed by atoms with E-state index in [4.69, 9.17) is 23.2 Å². The van der Waals surface area contributed by atoms with Crippen LogP contribution in [0, 0.1) is 0 Å². The van der Waals surface area contributed by atoms with Crippen molar-refractivity contribution in [3.8, 4) is 0 Å². The number of hydrogen-bond acceptors (Lipinski definition) is 3. The monoisotopic (exact) mass is 273 g/mol. The van der Waals surface area contributed by atoms with Gasteiger partial charge in [-0.2, -0.15) is 0 Å². The van der Waals surface area contributed by atoms with Gasteiger partial charge < -0.3 is 4.90 Å². The van der Waals surface area contributed by atoms with Crippen molar-refractivity contribution in [2.45, 2.75) is 13.0 Å². The maximum Gasteiger partial charge on any atom is 0.130 e. The molecule has 0 N–H and O–H groups in total. The highest BCUT2D eigenvalue weighted by atomic mass is 35.5. The Kier molecular flexibility index (Phi) is 4.62. The Morgan fingerprint density at radius 1 is 1.24 bits per heavy atom. The Labute approximate surface area is 112 Å². The standard InChI is InChI=1S/C12H17Cl2N3/c1-16-3-2-4-17(6-5-16)9-10-8-15-12(14)7-11(10)13/h7-8H,2-6,9H2,1H3. The molecule has 2 rings (SSSR count). The molecule has 0 atom stereocenters. The van der Waals surface area contributed by atoms with Gasteiger partial charge in [0.05, 0.1) is 0 Å². The molecule has 17 heavy (non-hydrogen) atoms. The molecular weight excluding hydrogens is 257 g/mol. The van der Waals surface area contributed by atoms with E-state index in [-0.39, 0.29) is 0 Å². The van der Waals surface area contributed by atoms with Crippen LogP contribution in [-0.4, -0.2) is 48.0 Å². The lowest BCUT2D eigenvalue weighted by atomic mass is 10.2. The van der Waals surface area contributed by atoms with Crippen molar-refractivity contribution in [1.29, 1.82) is 0 Å². The topological polar surface area (TPSA) is 19.4 Å². The minimum absolute atomic E-state index is 0.453. The Morgan fingerprint density at radius 2 is 2.06 bits per heavy atom. The molecule has 3 nitrogen and oxygen atoms in total. The van der Waals surface area contributed by atoms with Gasteiger partial charge in [-0.1, -0.05) is 23.2 Å². The van der Waals surface area contributed by atoms with Gasteiger partial charge in [-0.25, -0.2) is 4.98 Å². The van der Waals surface area contributed by atoms with Gasteiger partial charge in [0.2, 0.25) is 0 Å². The Hall–Kier alpha value is -0.350. The first kappa shape index (κ1) is 13.1. The lowest BCUT2D eigenvalue weighted by molar-refractivity contribution is 0.269. The molecular formula is C12H17Cl2N3. The zero-order chi connectivity index (χ0) is 12.3. The third-order valence-electron chi connectivity index (χ3n) is 3.10. The van der Waals surface area contributed by atoms with E-state index in [1.807, 2.05) is 0 Å². The molecule has 0 aromatic carbocycles. The van der Waals surface area contributed by atoms with Gasteiger partial charge in [0, 0.05) is 36.4 Å². The summed E-state index contributed by atoms with van der Waals surface area (Å²) in [6, 6.07) is 1.71. The van der Waals surface area contributed by atoms with Crippen molar-refractivity contribution in [1.82, 2.24) is 14.8 Å². The highest BCUT2D eigenvalue weighted by Gasteiger charge is 2.13. The van der Waals surface area contributed by atoms with E-state index in [1.165, 1.54) is 13.0 Å². The average Bonchev–Trinajstić information content (AvgIpc) is 2.48. The van der Waals surface area contributed by atoms with Crippen LogP contribution in [0.4, 0.5) is 0 Å². The fraction of sp³-hybridized carbons (Fsp3) is 0.583. The van der Waals surface area contributed by atoms with Gasteiger partial charge in [0.15, 0.2) is 0 Å². The van der Waals surface area contributed by atoms with Gasteiger partial charge >= 0.3 is 0 Å². The number of likely N-dealkylation sites (N-methyl/N-ethyl adjacent to an activating group) is 1. The quantitative estimate of drug-likeness (QED) is 0.772. The molecule has 1 saturated heterocycles. The molecule has 1 fully saturated rings. The molecule has 0 unspecified atom stereocenters. The van der Waals surface area contributed by atoms with Gasteiger partial charge in [0.1, 0.15) is 5.15 Å². The van der Waals surface area contributed by atoms with Gasteiger partial charge in [-0.05, 0) is 32.6 Å². The highest BCUT2D eigenvalue weighted by Crippen LogP contribution is 2.20. The second-order valence-electron chi connectivity index (χ2n) is 4.53. The van der Waals surface area contributed by atoms with E-state index in [1.54, 1.807) is 12.3 Å². The van der Waals surface area contributed by atoms with Gasteiger partial charge in [-0.3, -0.25) is 4.90 Å². The number of halogens is 2. The number of pyridine rings is 1. The smallest absolute Gasteiger partial charge is 0.130 e. The van der Waals surface area contributed by atoms with Crippen LogP contribution in [-0.2, 0) is 6.54 Å². The Bertz CT molecular complexity index is 384. The molecule has 94 valence electrons. The third-order valence-corrected chi connectivity index (χ3v) is 3.66. The Morgan fingerprint density at radius 3 is 2.82 bits per heavy atom. The molecule has 0 aliphatic carbocycles. The first-order valence-electron chi connectivity index (χ1n) is 5.86. The van der Waals surface area contributed by atoms with E-state index in [0.29, 0.717) is 10.2 Å². The molecule has 1 aliphatic rings. The summed E-state index contributed by atoms with van der Waals surface area (Å²) >= 11 is 11.9. The summed E-state index contributed by atoms with van der Waals surface area (Å²) in [6.45, 7) is 5.33. The van der Waals surface area contributed by atoms with E-state index in [9.17, 15) is 0 Å². The van der Waals surface area contributed by atoms with E-state index in [0.717, 1.165) is 31.7 Å². The van der Waals surface area contributed by atoms with Crippen molar-refractivity contribution in [2.75, 3.05) is 33.2 Å². The van der Waals surface area contributed by atoms with Crippen LogP contribution >= 0.6 is 23.2 Å². The second-order valence-corrected chi connectivity index (χ2v) is 5.33. The molecule has 0 spiro atoms. The fourth-order valence-corrected chi connectivity index (χ4v) is 2.48. The van der Waals surface area contributed by atoms with Crippen LogP contribution in [0.25, 0.3) is 0 Å². The maximum absolute atomic E-state index is 6.16. The molecule has 1 aromatic heterocycles. The number of rotatable bonds is 2. The first-order valence-corrected chi connectivity index (χ1v) is 6.61. The third kappa shape index (κ3) is 3.81. The van der Waals surface area contributed by atoms with Crippen LogP contribution in [0.15, 0.2) is 12.3 Å². The Balaban J connectivity index is 2.00. The fourth-order valence-electron chi connectivity index (χ4n) is 2.05. The lowest BCUT2D eigenvalue weighted by Gasteiger charge is -2.20. The summed E-state index contributed by atoms with van der Waals surface area (Å²) < 4.78 is 0. The van der Waals surface area contributed by atoms with Crippen LogP contribution in [0.5, 0.6) is 0 Å². The predicted octanol–water partition coefficient (Wildman–Crippen LogP) is 2.53. The van der Waals surface area contributed by atoms with Gasteiger partial charge in [0.25, 0.3) is 0 Å². The van der Waals surface area contributed by atoms with E-state index < -0.39 is 0 Å². The van der Waals surface area contributed by atoms with Crippen LogP contribution < -0.4 is 0 Å². The summed E-state index contributed by atoms with van der Waals surface area (Å²) in [4.78, 5) is 8.87. The zero-order valence-electron chi connectivity index (χ0n) is 9.99. The molecule has 5 heteroatoms. The molecule has 0 amide bonds. The minimum Gasteiger partial charge on any atom is -0.305 e. The zero-order valence-corrected chi connectivity index (χ0v) is 11.5. The minimum atomic E-state index is 0.453. The average molecular weight is 274 g/mol. The SMILES string of the molecule is CN1CCCN(Cc2cnc(Cl)cc2Cl)CC1. The molecule has 0 bridgehead atoms. The highest BCUT2D eigenvalue weighted by molar-refractivity contribution is 6.34. The lowest BCUT2D eigenvalue weighted by Crippen LogP contribution is -2.28. The summed E-state index contributed by atoms with van der Waals surface area (Å²) in [5.74, 6) is 0. The van der Waals surface area contributed by atoms with Crippen LogP contribution in [0.3, 0.4) is 0 Å². The summed E-state index contributed by atoms with van der Waals surface area (Å²) in [7, 11) is 2.17. The van der Waals surface area contributed by atoms with Crippen molar-refractivity contribution < 1.29 is 0 Å². The van der Waals surface area contributed by atoms with Gasteiger partial charge in [-0.15, -0.1) is 0 Å². The summed E-state index contributed by atoms with van der Waals surface area (Å²) in [6.07, 6.45) is 2.98. The number of aromatic nitrogens is 1. The van der Waals surface area contributed by atoms with Crippen LogP contribution in [0.1, 0.15) is 12.0 Å².